The van der Waals surface area contributed by atoms with Gasteiger partial charge in [-0.25, -0.2) is 0 Å². The Balaban J connectivity index is 1.98. The zero-order valence-electron chi connectivity index (χ0n) is 11.5. The summed E-state index contributed by atoms with van der Waals surface area (Å²) in [5, 5.41) is 14.0. The highest BCUT2D eigenvalue weighted by Gasteiger charge is 2.31. The second kappa shape index (κ2) is 6.75. The predicted molar refractivity (Wildman–Crippen MR) is 80.2 cm³/mol. The fraction of sp³-hybridized carbons (Fsp3) is 0.429. The number of hydrogen-bond donors (Lipinski definition) is 2. The number of hydrogen-bond acceptors (Lipinski definition) is 4. The average Bonchev–Trinajstić information content (AvgIpc) is 2.46. The molecule has 0 spiro atoms. The highest BCUT2D eigenvalue weighted by atomic mass is 35.5. The predicted octanol–water partition coefficient (Wildman–Crippen LogP) is 1.76. The van der Waals surface area contributed by atoms with Gasteiger partial charge in [0.05, 0.1) is 12.1 Å². The van der Waals surface area contributed by atoms with Gasteiger partial charge in [-0.2, -0.15) is 0 Å². The smallest absolute Gasteiger partial charge is 0.246 e. The number of likely N-dealkylation sites (tertiary alicyclic amines) is 1. The molecule has 2 amide bonds. The molecule has 0 bridgehead atoms. The van der Waals surface area contributed by atoms with Gasteiger partial charge in [-0.15, -0.1) is 0 Å². The number of likely N-dealkylation sites (N-methyl/N-ethyl adjacent to an activating group) is 1. The lowest BCUT2D eigenvalue weighted by Gasteiger charge is -2.29. The molecule has 1 aromatic rings. The van der Waals surface area contributed by atoms with Crippen molar-refractivity contribution in [3.8, 4) is 0 Å². The van der Waals surface area contributed by atoms with Gasteiger partial charge in [0.15, 0.2) is 0 Å². The molecule has 5 nitrogen and oxygen atoms in total. The number of carbonyl (C=O) groups is 2. The Morgan fingerprint density at radius 3 is 2.86 bits per heavy atom. The Morgan fingerprint density at radius 1 is 1.43 bits per heavy atom. The number of imide groups is 1. The van der Waals surface area contributed by atoms with E-state index in [0.717, 1.165) is 4.90 Å². The molecule has 2 unspecified atom stereocenters. The van der Waals surface area contributed by atoms with Crippen molar-refractivity contribution in [3.63, 3.8) is 0 Å². The number of amides is 2. The fourth-order valence-corrected chi connectivity index (χ4v) is 2.66. The standard InChI is InChI=1S/C14H16Cl2N2O3/c1-18-13(20)5-4-11(14(18)21)17-7-12(19)9-6-8(15)2-3-10(9)16/h2-3,6,11-12,17,19H,4-5,7H2,1H3. The third-order valence-corrected chi connectivity index (χ3v) is 4.10. The van der Waals surface area contributed by atoms with Crippen LogP contribution in [0.25, 0.3) is 0 Å². The molecule has 1 fully saturated rings. The van der Waals surface area contributed by atoms with Crippen LogP contribution in [0.4, 0.5) is 0 Å². The summed E-state index contributed by atoms with van der Waals surface area (Å²) in [5.74, 6) is -0.466. The van der Waals surface area contributed by atoms with Gasteiger partial charge in [-0.3, -0.25) is 14.5 Å². The van der Waals surface area contributed by atoms with Gasteiger partial charge in [0.1, 0.15) is 0 Å². The maximum absolute atomic E-state index is 11.9. The summed E-state index contributed by atoms with van der Waals surface area (Å²) in [6, 6.07) is 4.37. The lowest BCUT2D eigenvalue weighted by Crippen LogP contribution is -2.52. The molecule has 0 saturated carbocycles. The normalized spacial score (nSPS) is 20.8. The molecule has 1 aliphatic heterocycles. The van der Waals surface area contributed by atoms with Crippen LogP contribution >= 0.6 is 23.2 Å². The number of aliphatic hydroxyl groups is 1. The Morgan fingerprint density at radius 2 is 2.14 bits per heavy atom. The molecule has 1 aromatic carbocycles. The largest absolute Gasteiger partial charge is 0.387 e. The van der Waals surface area contributed by atoms with E-state index in [1.54, 1.807) is 18.2 Å². The number of piperidine rings is 1. The van der Waals surface area contributed by atoms with Crippen molar-refractivity contribution in [1.82, 2.24) is 10.2 Å². The molecule has 2 rings (SSSR count). The number of nitrogens with zero attached hydrogens (tertiary/aromatic N) is 1. The number of aliphatic hydroxyl groups excluding tert-OH is 1. The molecular formula is C14H16Cl2N2O3. The van der Waals surface area contributed by atoms with Crippen molar-refractivity contribution in [2.45, 2.75) is 25.0 Å². The maximum atomic E-state index is 11.9. The van der Waals surface area contributed by atoms with Crippen LogP contribution in [0, 0.1) is 0 Å². The molecule has 0 radical (unpaired) electrons. The number of halogens is 2. The van der Waals surface area contributed by atoms with Crippen LogP contribution in [-0.2, 0) is 9.59 Å². The molecule has 0 aromatic heterocycles. The second-order valence-corrected chi connectivity index (χ2v) is 5.82. The molecule has 7 heteroatoms. The van der Waals surface area contributed by atoms with E-state index < -0.39 is 12.1 Å². The van der Waals surface area contributed by atoms with E-state index in [4.69, 9.17) is 23.2 Å². The van der Waals surface area contributed by atoms with Crippen LogP contribution in [0.2, 0.25) is 10.0 Å². The van der Waals surface area contributed by atoms with Crippen molar-refractivity contribution in [2.75, 3.05) is 13.6 Å². The fourth-order valence-electron chi connectivity index (χ4n) is 2.24. The van der Waals surface area contributed by atoms with Gasteiger partial charge in [0, 0.05) is 35.6 Å². The summed E-state index contributed by atoms with van der Waals surface area (Å²) in [4.78, 5) is 24.4. The summed E-state index contributed by atoms with van der Waals surface area (Å²) in [6.45, 7) is 0.151. The lowest BCUT2D eigenvalue weighted by molar-refractivity contribution is -0.148. The van der Waals surface area contributed by atoms with E-state index >= 15 is 0 Å². The zero-order chi connectivity index (χ0) is 15.6. The van der Waals surface area contributed by atoms with Gasteiger partial charge in [0.2, 0.25) is 11.8 Å². The van der Waals surface area contributed by atoms with Gasteiger partial charge >= 0.3 is 0 Å². The molecule has 2 N–H and O–H groups in total. The summed E-state index contributed by atoms with van der Waals surface area (Å²) in [5.41, 5.74) is 0.504. The summed E-state index contributed by atoms with van der Waals surface area (Å²) >= 11 is 11.9. The van der Waals surface area contributed by atoms with E-state index in [9.17, 15) is 14.7 Å². The molecule has 1 saturated heterocycles. The Kier molecular flexibility index (Phi) is 5.22. The van der Waals surface area contributed by atoms with Gasteiger partial charge < -0.3 is 10.4 Å². The van der Waals surface area contributed by atoms with Crippen molar-refractivity contribution in [1.29, 1.82) is 0 Å². The van der Waals surface area contributed by atoms with Crippen LogP contribution < -0.4 is 5.32 Å². The van der Waals surface area contributed by atoms with Crippen LogP contribution in [0.15, 0.2) is 18.2 Å². The third-order valence-electron chi connectivity index (χ3n) is 3.52. The molecule has 114 valence electrons. The van der Waals surface area contributed by atoms with E-state index in [1.807, 2.05) is 0 Å². The summed E-state index contributed by atoms with van der Waals surface area (Å²) < 4.78 is 0. The first-order valence-electron chi connectivity index (χ1n) is 6.57. The van der Waals surface area contributed by atoms with Crippen molar-refractivity contribution in [3.05, 3.63) is 33.8 Å². The van der Waals surface area contributed by atoms with Crippen molar-refractivity contribution < 1.29 is 14.7 Å². The van der Waals surface area contributed by atoms with Crippen LogP contribution in [0.3, 0.4) is 0 Å². The molecular weight excluding hydrogens is 315 g/mol. The van der Waals surface area contributed by atoms with Gasteiger partial charge in [0.25, 0.3) is 0 Å². The SMILES string of the molecule is CN1C(=O)CCC(NCC(O)c2cc(Cl)ccc2Cl)C1=O. The number of carbonyl (C=O) groups excluding carboxylic acids is 2. The van der Waals surface area contributed by atoms with E-state index in [0.29, 0.717) is 28.5 Å². The van der Waals surface area contributed by atoms with E-state index in [2.05, 4.69) is 5.32 Å². The van der Waals surface area contributed by atoms with Crippen LogP contribution in [0.5, 0.6) is 0 Å². The number of rotatable bonds is 4. The maximum Gasteiger partial charge on any atom is 0.246 e. The zero-order valence-corrected chi connectivity index (χ0v) is 13.0. The Bertz CT molecular complexity index is 565. The topological polar surface area (TPSA) is 69.6 Å². The quantitative estimate of drug-likeness (QED) is 0.825. The average molecular weight is 331 g/mol. The first-order chi connectivity index (χ1) is 9.90. The Labute approximate surface area is 132 Å². The minimum absolute atomic E-state index is 0.151. The molecule has 21 heavy (non-hydrogen) atoms. The minimum Gasteiger partial charge on any atom is -0.387 e. The summed E-state index contributed by atoms with van der Waals surface area (Å²) in [6.07, 6.45) is -0.140. The van der Waals surface area contributed by atoms with Gasteiger partial charge in [-0.1, -0.05) is 23.2 Å². The van der Waals surface area contributed by atoms with E-state index in [-0.39, 0.29) is 18.4 Å². The summed E-state index contributed by atoms with van der Waals surface area (Å²) in [7, 11) is 1.46. The van der Waals surface area contributed by atoms with Gasteiger partial charge in [-0.05, 0) is 24.6 Å². The molecule has 1 heterocycles. The van der Waals surface area contributed by atoms with Crippen molar-refractivity contribution in [2.24, 2.45) is 0 Å². The van der Waals surface area contributed by atoms with E-state index in [1.165, 1.54) is 7.05 Å². The van der Waals surface area contributed by atoms with Crippen molar-refractivity contribution >= 4 is 35.0 Å². The molecule has 2 atom stereocenters. The first-order valence-corrected chi connectivity index (χ1v) is 7.32. The first kappa shape index (κ1) is 16.2. The highest BCUT2D eigenvalue weighted by Crippen LogP contribution is 2.26. The highest BCUT2D eigenvalue weighted by molar-refractivity contribution is 6.33. The van der Waals surface area contributed by atoms with Crippen LogP contribution in [0.1, 0.15) is 24.5 Å². The monoisotopic (exact) mass is 330 g/mol. The Hall–Kier alpha value is -1.14. The second-order valence-electron chi connectivity index (χ2n) is 4.97. The lowest BCUT2D eigenvalue weighted by atomic mass is 10.0. The molecule has 0 aliphatic carbocycles. The third kappa shape index (κ3) is 3.74. The number of benzene rings is 1. The van der Waals surface area contributed by atoms with Crippen LogP contribution in [-0.4, -0.2) is 41.5 Å². The minimum atomic E-state index is -0.882. The number of nitrogens with one attached hydrogen (secondary N) is 1. The molecule has 1 aliphatic rings.